The molecule has 104 valence electrons. The number of hydrogen-bond acceptors (Lipinski definition) is 3. The van der Waals surface area contributed by atoms with Crippen molar-refractivity contribution in [2.24, 2.45) is 7.05 Å². The predicted molar refractivity (Wildman–Crippen MR) is 83.9 cm³/mol. The van der Waals surface area contributed by atoms with Crippen LogP contribution in [0.15, 0.2) is 35.6 Å². The number of thioether (sulfide) groups is 1. The summed E-state index contributed by atoms with van der Waals surface area (Å²) in [6.45, 7) is 4.40. The summed E-state index contributed by atoms with van der Waals surface area (Å²) in [5.74, 6) is 0.910. The van der Waals surface area contributed by atoms with Crippen LogP contribution >= 0.6 is 11.8 Å². The Hall–Kier alpha value is -1.75. The largest absolute Gasteiger partial charge is 0.360 e. The van der Waals surface area contributed by atoms with E-state index in [-0.39, 0.29) is 0 Å². The topological polar surface area (TPSA) is 46.5 Å². The number of para-hydroxylation sites is 1. The van der Waals surface area contributed by atoms with Gasteiger partial charge >= 0.3 is 0 Å². The fourth-order valence-corrected chi connectivity index (χ4v) is 3.03. The summed E-state index contributed by atoms with van der Waals surface area (Å²) in [7, 11) is 2.03. The molecule has 0 aliphatic carbocycles. The highest BCUT2D eigenvalue weighted by Crippen LogP contribution is 2.30. The second kappa shape index (κ2) is 5.32. The molecule has 3 rings (SSSR count). The van der Waals surface area contributed by atoms with E-state index in [1.54, 1.807) is 11.8 Å². The van der Waals surface area contributed by atoms with Crippen LogP contribution in [-0.4, -0.2) is 25.0 Å². The first-order valence-electron chi connectivity index (χ1n) is 6.83. The first kappa shape index (κ1) is 13.2. The van der Waals surface area contributed by atoms with E-state index in [4.69, 9.17) is 0 Å². The third kappa shape index (κ3) is 2.22. The number of fused-ring (bicyclic) bond motifs is 1. The molecule has 2 aromatic heterocycles. The van der Waals surface area contributed by atoms with Gasteiger partial charge in [-0.1, -0.05) is 43.8 Å². The minimum atomic E-state index is 0.550. The van der Waals surface area contributed by atoms with E-state index in [1.807, 2.05) is 25.4 Å². The van der Waals surface area contributed by atoms with Gasteiger partial charge in [0, 0.05) is 35.0 Å². The lowest BCUT2D eigenvalue weighted by Gasteiger charge is -2.07. The molecule has 1 atom stereocenters. The van der Waals surface area contributed by atoms with E-state index in [0.29, 0.717) is 5.25 Å². The van der Waals surface area contributed by atoms with E-state index in [1.165, 1.54) is 5.39 Å². The van der Waals surface area contributed by atoms with Crippen molar-refractivity contribution in [1.82, 2.24) is 19.7 Å². The first-order valence-corrected chi connectivity index (χ1v) is 7.71. The average Bonchev–Trinajstić information content (AvgIpc) is 3.03. The Morgan fingerprint density at radius 1 is 1.30 bits per heavy atom. The summed E-state index contributed by atoms with van der Waals surface area (Å²) in [5.41, 5.74) is 2.23. The van der Waals surface area contributed by atoms with Crippen molar-refractivity contribution in [2.75, 3.05) is 0 Å². The molecule has 0 amide bonds. The molecule has 0 saturated heterocycles. The van der Waals surface area contributed by atoms with Gasteiger partial charge in [0.25, 0.3) is 0 Å². The van der Waals surface area contributed by atoms with Crippen molar-refractivity contribution in [3.8, 4) is 11.4 Å². The van der Waals surface area contributed by atoms with Gasteiger partial charge in [0.05, 0.1) is 0 Å². The zero-order valence-corrected chi connectivity index (χ0v) is 12.7. The summed E-state index contributed by atoms with van der Waals surface area (Å²) >= 11 is 1.77. The van der Waals surface area contributed by atoms with Gasteiger partial charge in [0.15, 0.2) is 11.0 Å². The molecule has 0 aliphatic heterocycles. The third-order valence-corrected chi connectivity index (χ3v) is 4.85. The van der Waals surface area contributed by atoms with E-state index in [9.17, 15) is 0 Å². The summed E-state index contributed by atoms with van der Waals surface area (Å²) in [6.07, 6.45) is 3.13. The van der Waals surface area contributed by atoms with Crippen LogP contribution in [0.25, 0.3) is 22.3 Å². The smallest absolute Gasteiger partial charge is 0.191 e. The van der Waals surface area contributed by atoms with Crippen LogP contribution in [0.3, 0.4) is 0 Å². The monoisotopic (exact) mass is 286 g/mol. The highest BCUT2D eigenvalue weighted by Gasteiger charge is 2.16. The molecule has 5 heteroatoms. The van der Waals surface area contributed by atoms with Gasteiger partial charge in [-0.3, -0.25) is 0 Å². The van der Waals surface area contributed by atoms with Crippen molar-refractivity contribution >= 4 is 22.7 Å². The van der Waals surface area contributed by atoms with Crippen LogP contribution in [0.2, 0.25) is 0 Å². The number of aromatic amines is 1. The van der Waals surface area contributed by atoms with Gasteiger partial charge in [-0.05, 0) is 12.5 Å². The van der Waals surface area contributed by atoms with Gasteiger partial charge < -0.3 is 9.55 Å². The van der Waals surface area contributed by atoms with Gasteiger partial charge in [-0.2, -0.15) is 0 Å². The predicted octanol–water partition coefficient (Wildman–Crippen LogP) is 3.85. The zero-order valence-electron chi connectivity index (χ0n) is 11.9. The summed E-state index contributed by atoms with van der Waals surface area (Å²) in [4.78, 5) is 3.29. The number of rotatable bonds is 4. The summed E-state index contributed by atoms with van der Waals surface area (Å²) in [5, 5.41) is 11.4. The molecule has 0 aliphatic rings. The number of aromatic nitrogens is 4. The summed E-state index contributed by atoms with van der Waals surface area (Å²) < 4.78 is 2.08. The van der Waals surface area contributed by atoms with Crippen molar-refractivity contribution in [2.45, 2.75) is 30.7 Å². The summed E-state index contributed by atoms with van der Waals surface area (Å²) in [6, 6.07) is 8.26. The molecule has 0 fully saturated rings. The standard InChI is InChI=1S/C15H18N4S/c1-4-10(2)20-15-18-17-14(19(15)3)12-9-16-13-8-6-5-7-11(12)13/h5-10,16H,4H2,1-3H3/t10-/m1/s1. The fraction of sp³-hybridized carbons (Fsp3) is 0.333. The van der Waals surface area contributed by atoms with Crippen LogP contribution in [-0.2, 0) is 7.05 Å². The Morgan fingerprint density at radius 3 is 2.90 bits per heavy atom. The van der Waals surface area contributed by atoms with E-state index in [0.717, 1.165) is 28.5 Å². The molecule has 20 heavy (non-hydrogen) atoms. The van der Waals surface area contributed by atoms with E-state index >= 15 is 0 Å². The molecule has 0 saturated carbocycles. The number of nitrogens with zero attached hydrogens (tertiary/aromatic N) is 3. The van der Waals surface area contributed by atoms with E-state index < -0.39 is 0 Å². The Bertz CT molecular complexity index is 728. The lowest BCUT2D eigenvalue weighted by atomic mass is 10.1. The minimum absolute atomic E-state index is 0.550. The van der Waals surface area contributed by atoms with Crippen molar-refractivity contribution in [1.29, 1.82) is 0 Å². The van der Waals surface area contributed by atoms with Crippen LogP contribution < -0.4 is 0 Å². The Balaban J connectivity index is 2.03. The maximum atomic E-state index is 4.37. The molecule has 0 spiro atoms. The molecular formula is C15H18N4S. The Kier molecular flexibility index (Phi) is 3.53. The second-order valence-corrected chi connectivity index (χ2v) is 6.36. The second-order valence-electron chi connectivity index (χ2n) is 4.95. The van der Waals surface area contributed by atoms with Gasteiger partial charge in [0.2, 0.25) is 0 Å². The van der Waals surface area contributed by atoms with E-state index in [2.05, 4.69) is 45.7 Å². The quantitative estimate of drug-likeness (QED) is 0.741. The molecule has 3 aromatic rings. The van der Waals surface area contributed by atoms with Gasteiger partial charge in [-0.15, -0.1) is 10.2 Å². The maximum Gasteiger partial charge on any atom is 0.191 e. The molecule has 1 N–H and O–H groups in total. The molecule has 1 aromatic carbocycles. The van der Waals surface area contributed by atoms with Gasteiger partial charge in [-0.25, -0.2) is 0 Å². The van der Waals surface area contributed by atoms with Crippen LogP contribution in [0.1, 0.15) is 20.3 Å². The van der Waals surface area contributed by atoms with Crippen LogP contribution in [0.5, 0.6) is 0 Å². The lowest BCUT2D eigenvalue weighted by molar-refractivity contribution is 0.784. The first-order chi connectivity index (χ1) is 9.70. The number of nitrogens with one attached hydrogen (secondary N) is 1. The maximum absolute atomic E-state index is 4.37. The third-order valence-electron chi connectivity index (χ3n) is 3.55. The van der Waals surface area contributed by atoms with Gasteiger partial charge in [0.1, 0.15) is 0 Å². The molecule has 4 nitrogen and oxygen atoms in total. The molecule has 0 bridgehead atoms. The number of H-pyrrole nitrogens is 1. The molecular weight excluding hydrogens is 268 g/mol. The fourth-order valence-electron chi connectivity index (χ4n) is 2.17. The number of benzene rings is 1. The van der Waals surface area contributed by atoms with Crippen LogP contribution in [0, 0.1) is 0 Å². The minimum Gasteiger partial charge on any atom is -0.360 e. The zero-order chi connectivity index (χ0) is 14.1. The average molecular weight is 286 g/mol. The normalized spacial score (nSPS) is 12.9. The Morgan fingerprint density at radius 2 is 2.10 bits per heavy atom. The van der Waals surface area contributed by atoms with Crippen LogP contribution in [0.4, 0.5) is 0 Å². The van der Waals surface area contributed by atoms with Crippen molar-refractivity contribution in [3.63, 3.8) is 0 Å². The Labute approximate surface area is 122 Å². The van der Waals surface area contributed by atoms with Crippen molar-refractivity contribution in [3.05, 3.63) is 30.5 Å². The highest BCUT2D eigenvalue weighted by atomic mass is 32.2. The SMILES string of the molecule is CC[C@@H](C)Sc1nnc(-c2c[nH]c3ccccc23)n1C. The molecule has 0 radical (unpaired) electrons. The molecule has 2 heterocycles. The highest BCUT2D eigenvalue weighted by molar-refractivity contribution is 7.99. The lowest BCUT2D eigenvalue weighted by Crippen LogP contribution is -1.99. The molecule has 0 unspecified atom stereocenters. The van der Waals surface area contributed by atoms with Crippen molar-refractivity contribution < 1.29 is 0 Å². The number of hydrogen-bond donors (Lipinski definition) is 1.